The highest BCUT2D eigenvalue weighted by Gasteiger charge is 2.13. The molecule has 0 saturated heterocycles. The highest BCUT2D eigenvalue weighted by molar-refractivity contribution is 14.1. The zero-order chi connectivity index (χ0) is 20.8. The lowest BCUT2D eigenvalue weighted by atomic mass is 10.1. The van der Waals surface area contributed by atoms with E-state index in [-0.39, 0.29) is 3.92 Å². The van der Waals surface area contributed by atoms with E-state index in [1.54, 1.807) is 24.5 Å². The lowest BCUT2D eigenvalue weighted by Gasteiger charge is -2.16. The number of halogens is 3. The number of alkyl halides is 1. The zero-order valence-corrected chi connectivity index (χ0v) is 19.8. The van der Waals surface area contributed by atoms with Crippen LogP contribution in [-0.4, -0.2) is 21.5 Å². The number of pyridine rings is 1. The summed E-state index contributed by atoms with van der Waals surface area (Å²) in [4.78, 5) is 13.2. The molecule has 0 radical (unpaired) electrons. The maximum atomic E-state index is 6.15. The van der Waals surface area contributed by atoms with Crippen molar-refractivity contribution < 1.29 is 4.74 Å². The number of aryl methyl sites for hydroxylation is 1. The Labute approximate surface area is 194 Å². The number of nitrogens with zero attached hydrogens (tertiary/aromatic N) is 3. The van der Waals surface area contributed by atoms with Gasteiger partial charge in [-0.1, -0.05) is 65.7 Å². The highest BCUT2D eigenvalue weighted by atomic mass is 127. The highest BCUT2D eigenvalue weighted by Crippen LogP contribution is 2.32. The van der Waals surface area contributed by atoms with Crippen LogP contribution in [0.5, 0.6) is 11.6 Å². The smallest absolute Gasteiger partial charge is 0.219 e. The fourth-order valence-corrected chi connectivity index (χ4v) is 3.93. The molecule has 1 N–H and O–H groups in total. The average Bonchev–Trinajstić information content (AvgIpc) is 2.74. The minimum Gasteiger partial charge on any atom is -0.437 e. The molecular weight excluding hydrogens is 522 g/mol. The minimum absolute atomic E-state index is 0.220. The Balaban J connectivity index is 1.64. The van der Waals surface area contributed by atoms with Gasteiger partial charge in [-0.25, -0.2) is 15.0 Å². The van der Waals surface area contributed by atoms with E-state index < -0.39 is 0 Å². The fraction of sp³-hybridized carbons (Fsp3) is 0.286. The van der Waals surface area contributed by atoms with Gasteiger partial charge in [0.1, 0.15) is 17.9 Å². The number of nitrogens with one attached hydrogen (secondary N) is 1. The quantitative estimate of drug-likeness (QED) is 0.254. The van der Waals surface area contributed by atoms with E-state index in [0.29, 0.717) is 21.7 Å². The number of hydrogen-bond donors (Lipinski definition) is 1. The number of aromatic nitrogens is 3. The molecule has 1 unspecified atom stereocenters. The predicted octanol–water partition coefficient (Wildman–Crippen LogP) is 6.68. The SMILES string of the molecule is CCc1ncnc(NCC(I)c2ccc(Oc3ccc(Cl)cc3Cl)nc2)c1CC. The van der Waals surface area contributed by atoms with E-state index in [2.05, 4.69) is 56.7 Å². The summed E-state index contributed by atoms with van der Waals surface area (Å²) < 4.78 is 5.97. The normalized spacial score (nSPS) is 11.9. The molecule has 1 atom stereocenters. The molecule has 0 bridgehead atoms. The van der Waals surface area contributed by atoms with E-state index in [1.165, 1.54) is 5.56 Å². The molecule has 29 heavy (non-hydrogen) atoms. The van der Waals surface area contributed by atoms with Crippen LogP contribution in [0.3, 0.4) is 0 Å². The minimum atomic E-state index is 0.220. The lowest BCUT2D eigenvalue weighted by molar-refractivity contribution is 0.463. The second kappa shape index (κ2) is 10.4. The zero-order valence-electron chi connectivity index (χ0n) is 16.1. The first-order chi connectivity index (χ1) is 14.0. The Morgan fingerprint density at radius 1 is 1.07 bits per heavy atom. The van der Waals surface area contributed by atoms with Gasteiger partial charge in [0, 0.05) is 35.1 Å². The molecule has 0 fully saturated rings. The van der Waals surface area contributed by atoms with Crippen molar-refractivity contribution in [2.45, 2.75) is 30.6 Å². The second-order valence-corrected chi connectivity index (χ2v) is 8.66. The molecule has 3 rings (SSSR count). The molecule has 3 aromatic rings. The molecule has 0 aliphatic heterocycles. The third kappa shape index (κ3) is 5.71. The largest absolute Gasteiger partial charge is 0.437 e. The fourth-order valence-electron chi connectivity index (χ4n) is 2.89. The van der Waals surface area contributed by atoms with Crippen molar-refractivity contribution >= 4 is 51.6 Å². The van der Waals surface area contributed by atoms with Gasteiger partial charge in [0.25, 0.3) is 0 Å². The molecule has 152 valence electrons. The summed E-state index contributed by atoms with van der Waals surface area (Å²) >= 11 is 14.5. The molecule has 0 aliphatic carbocycles. The van der Waals surface area contributed by atoms with Crippen LogP contribution in [0.1, 0.15) is 34.6 Å². The summed E-state index contributed by atoms with van der Waals surface area (Å²) in [6.45, 7) is 4.97. The maximum Gasteiger partial charge on any atom is 0.219 e. The average molecular weight is 543 g/mol. The van der Waals surface area contributed by atoms with Crippen LogP contribution in [-0.2, 0) is 12.8 Å². The molecule has 1 aromatic carbocycles. The summed E-state index contributed by atoms with van der Waals surface area (Å²) in [5, 5.41) is 4.47. The number of benzene rings is 1. The van der Waals surface area contributed by atoms with Crippen LogP contribution in [0.15, 0.2) is 42.9 Å². The van der Waals surface area contributed by atoms with E-state index in [9.17, 15) is 0 Å². The molecule has 2 heterocycles. The Hall–Kier alpha value is -1.64. The van der Waals surface area contributed by atoms with Crippen LogP contribution in [0.25, 0.3) is 0 Å². The van der Waals surface area contributed by atoms with Crippen LogP contribution < -0.4 is 10.1 Å². The van der Waals surface area contributed by atoms with Crippen molar-refractivity contribution in [3.63, 3.8) is 0 Å². The third-order valence-electron chi connectivity index (χ3n) is 4.40. The second-order valence-electron chi connectivity index (χ2n) is 6.31. The van der Waals surface area contributed by atoms with E-state index in [0.717, 1.165) is 36.5 Å². The molecule has 8 heteroatoms. The van der Waals surface area contributed by atoms with Gasteiger partial charge >= 0.3 is 0 Å². The van der Waals surface area contributed by atoms with Crippen LogP contribution in [0, 0.1) is 0 Å². The standard InChI is InChI=1S/C21H21Cl2IN4O/c1-3-15-18(4-2)27-12-28-21(15)26-11-17(24)13-5-8-20(25-10-13)29-19-7-6-14(22)9-16(19)23/h5-10,12,17H,3-4,11H2,1-2H3,(H,26,27,28). The van der Waals surface area contributed by atoms with Crippen molar-refractivity contribution in [3.05, 3.63) is 69.7 Å². The van der Waals surface area contributed by atoms with Crippen molar-refractivity contribution in [2.24, 2.45) is 0 Å². The molecule has 0 aliphatic rings. The predicted molar refractivity (Wildman–Crippen MR) is 127 cm³/mol. The van der Waals surface area contributed by atoms with Crippen LogP contribution in [0.2, 0.25) is 10.0 Å². The number of rotatable bonds is 8. The Kier molecular flexibility index (Phi) is 7.91. The van der Waals surface area contributed by atoms with Crippen molar-refractivity contribution in [1.29, 1.82) is 0 Å². The maximum absolute atomic E-state index is 6.15. The number of ether oxygens (including phenoxy) is 1. The molecule has 5 nitrogen and oxygen atoms in total. The summed E-state index contributed by atoms with van der Waals surface area (Å²) in [6.07, 6.45) is 5.24. The van der Waals surface area contributed by atoms with Gasteiger partial charge in [-0.05, 0) is 36.6 Å². The van der Waals surface area contributed by atoms with Crippen molar-refractivity contribution in [1.82, 2.24) is 15.0 Å². The van der Waals surface area contributed by atoms with Gasteiger partial charge in [-0.2, -0.15) is 0 Å². The van der Waals surface area contributed by atoms with E-state index >= 15 is 0 Å². The monoisotopic (exact) mass is 542 g/mol. The van der Waals surface area contributed by atoms with E-state index in [4.69, 9.17) is 27.9 Å². The molecule has 2 aromatic heterocycles. The van der Waals surface area contributed by atoms with E-state index in [1.807, 2.05) is 18.3 Å². The first-order valence-electron chi connectivity index (χ1n) is 9.31. The first kappa shape index (κ1) is 22.1. The Morgan fingerprint density at radius 3 is 2.55 bits per heavy atom. The summed E-state index contributed by atoms with van der Waals surface area (Å²) in [5.74, 6) is 1.91. The Bertz CT molecular complexity index is 969. The number of anilines is 1. The topological polar surface area (TPSA) is 59.9 Å². The molecule has 0 saturated carbocycles. The summed E-state index contributed by atoms with van der Waals surface area (Å²) in [6, 6.07) is 8.93. The summed E-state index contributed by atoms with van der Waals surface area (Å²) in [5.41, 5.74) is 3.37. The lowest BCUT2D eigenvalue weighted by Crippen LogP contribution is -2.12. The van der Waals surface area contributed by atoms with Crippen LogP contribution >= 0.6 is 45.8 Å². The summed E-state index contributed by atoms with van der Waals surface area (Å²) in [7, 11) is 0. The van der Waals surface area contributed by atoms with Gasteiger partial charge in [0.15, 0.2) is 0 Å². The third-order valence-corrected chi connectivity index (χ3v) is 6.09. The first-order valence-corrected chi connectivity index (χ1v) is 11.3. The van der Waals surface area contributed by atoms with Gasteiger partial charge in [-0.3, -0.25) is 0 Å². The van der Waals surface area contributed by atoms with Gasteiger partial charge < -0.3 is 10.1 Å². The molecule has 0 spiro atoms. The number of hydrogen-bond acceptors (Lipinski definition) is 5. The van der Waals surface area contributed by atoms with Gasteiger partial charge in [0.2, 0.25) is 5.88 Å². The van der Waals surface area contributed by atoms with Crippen LogP contribution in [0.4, 0.5) is 5.82 Å². The molecule has 0 amide bonds. The van der Waals surface area contributed by atoms with Crippen molar-refractivity contribution in [3.8, 4) is 11.6 Å². The van der Waals surface area contributed by atoms with Crippen molar-refractivity contribution in [2.75, 3.05) is 11.9 Å². The Morgan fingerprint density at radius 2 is 1.90 bits per heavy atom. The van der Waals surface area contributed by atoms with Gasteiger partial charge in [-0.15, -0.1) is 0 Å². The van der Waals surface area contributed by atoms with Gasteiger partial charge in [0.05, 0.1) is 8.95 Å². The molecular formula is C21H21Cl2IN4O.